The summed E-state index contributed by atoms with van der Waals surface area (Å²) in [5.74, 6) is -0.0375. The minimum atomic E-state index is -2.07. The molecule has 0 heterocycles. The molecule has 1 aromatic rings. The van der Waals surface area contributed by atoms with Crippen molar-refractivity contribution in [2.45, 2.75) is 20.3 Å². The van der Waals surface area contributed by atoms with Crippen LogP contribution in [-0.2, 0) is 10.3 Å². The van der Waals surface area contributed by atoms with Crippen molar-refractivity contribution in [2.24, 2.45) is 0 Å². The first-order valence-electron chi connectivity index (χ1n) is 3.68. The Labute approximate surface area is 80.8 Å². The molecule has 1 aromatic carbocycles. The van der Waals surface area contributed by atoms with Crippen LogP contribution in [0, 0.1) is 0 Å². The number of hydrogen-bond acceptors (Lipinski definition) is 2. The molecule has 0 saturated carbocycles. The van der Waals surface area contributed by atoms with Gasteiger partial charge in [-0.05, 0) is 5.56 Å². The first kappa shape index (κ1) is 11.9. The Kier molecular flexibility index (Phi) is 5.07. The lowest BCUT2D eigenvalue weighted by Crippen LogP contribution is -1.94. The van der Waals surface area contributed by atoms with E-state index in [0.717, 1.165) is 5.56 Å². The van der Waals surface area contributed by atoms with Crippen LogP contribution < -0.4 is 0 Å². The van der Waals surface area contributed by atoms with Gasteiger partial charge in [0.1, 0.15) is 0 Å². The lowest BCUT2D eigenvalue weighted by Gasteiger charge is -2.02. The molecule has 0 amide bonds. The van der Waals surface area contributed by atoms with E-state index in [4.69, 9.17) is 0 Å². The van der Waals surface area contributed by atoms with E-state index in [-0.39, 0.29) is 13.3 Å². The van der Waals surface area contributed by atoms with Crippen molar-refractivity contribution in [1.29, 1.82) is 0 Å². The van der Waals surface area contributed by atoms with Gasteiger partial charge in [-0.1, -0.05) is 44.7 Å². The van der Waals surface area contributed by atoms with Gasteiger partial charge in [0.15, 0.2) is 0 Å². The average Bonchev–Trinajstić information content (AvgIpc) is 2.05. The first-order chi connectivity index (χ1) is 5.70. The number of hydrogen-bond donors (Lipinski definition) is 0. The topological polar surface area (TPSA) is 34.1 Å². The average molecular weight is 198 g/mol. The summed E-state index contributed by atoms with van der Waals surface area (Å²) in [5.41, 5.74) is 1.02. The van der Waals surface area contributed by atoms with Crippen molar-refractivity contribution in [3.63, 3.8) is 0 Å². The molecule has 0 aliphatic heterocycles. The smallest absolute Gasteiger partial charge is 0.185 e. The van der Waals surface area contributed by atoms with Crippen molar-refractivity contribution < 1.29 is 8.42 Å². The van der Waals surface area contributed by atoms with Gasteiger partial charge < -0.3 is 0 Å². The summed E-state index contributed by atoms with van der Waals surface area (Å²) in [7, 11) is -2.07. The third-order valence-electron chi connectivity index (χ3n) is 1.64. The van der Waals surface area contributed by atoms with Crippen LogP contribution in [0.3, 0.4) is 0 Å². The zero-order chi connectivity index (χ0) is 8.97. The Morgan fingerprint density at radius 2 is 1.77 bits per heavy atom. The molecule has 3 heteroatoms. The summed E-state index contributed by atoms with van der Waals surface area (Å²) >= 11 is 0. The largest absolute Gasteiger partial charge is 0.210 e. The van der Waals surface area contributed by atoms with Gasteiger partial charge in [-0.15, -0.1) is 0 Å². The molecule has 1 atom stereocenters. The van der Waals surface area contributed by atoms with Crippen LogP contribution in [0.15, 0.2) is 30.3 Å². The van der Waals surface area contributed by atoms with E-state index in [0.29, 0.717) is 0 Å². The SMILES string of the molecule is C.CC(C=S(=O)=O)c1ccccc1. The molecular weight excluding hydrogens is 184 g/mol. The fourth-order valence-corrected chi connectivity index (χ4v) is 1.49. The van der Waals surface area contributed by atoms with Gasteiger partial charge in [0.2, 0.25) is 10.3 Å². The summed E-state index contributed by atoms with van der Waals surface area (Å²) in [6, 6.07) is 9.52. The Morgan fingerprint density at radius 3 is 2.23 bits per heavy atom. The molecule has 13 heavy (non-hydrogen) atoms. The van der Waals surface area contributed by atoms with Crippen LogP contribution in [-0.4, -0.2) is 13.8 Å². The van der Waals surface area contributed by atoms with Crippen molar-refractivity contribution >= 4 is 15.7 Å². The van der Waals surface area contributed by atoms with E-state index >= 15 is 0 Å². The Balaban J connectivity index is 0.00000144. The van der Waals surface area contributed by atoms with Gasteiger partial charge in [-0.3, -0.25) is 0 Å². The molecule has 2 nitrogen and oxygen atoms in total. The van der Waals surface area contributed by atoms with Gasteiger partial charge in [-0.2, -0.15) is 8.42 Å². The van der Waals surface area contributed by atoms with Crippen LogP contribution in [0.1, 0.15) is 25.8 Å². The standard InChI is InChI=1S/C9H10O2S.CH4/c1-8(7-12(10)11)9-5-3-2-4-6-9;/h2-8H,1H3;1H4. The lowest BCUT2D eigenvalue weighted by atomic mass is 10.0. The molecule has 0 fully saturated rings. The Morgan fingerprint density at radius 1 is 1.23 bits per heavy atom. The molecular formula is C10H14O2S. The summed E-state index contributed by atoms with van der Waals surface area (Å²) < 4.78 is 20.7. The second-order valence-corrected chi connectivity index (χ2v) is 3.39. The maximum Gasteiger partial charge on any atom is 0.210 e. The fourth-order valence-electron chi connectivity index (χ4n) is 1.00. The predicted molar refractivity (Wildman–Crippen MR) is 56.6 cm³/mol. The van der Waals surface area contributed by atoms with Crippen molar-refractivity contribution in [3.05, 3.63) is 35.9 Å². The minimum Gasteiger partial charge on any atom is -0.185 e. The highest BCUT2D eigenvalue weighted by Crippen LogP contribution is 2.10. The maximum absolute atomic E-state index is 10.3. The van der Waals surface area contributed by atoms with Gasteiger partial charge >= 0.3 is 0 Å². The van der Waals surface area contributed by atoms with Crippen molar-refractivity contribution in [1.82, 2.24) is 0 Å². The van der Waals surface area contributed by atoms with Crippen LogP contribution in [0.4, 0.5) is 0 Å². The normalized spacial score (nSPS) is 11.2. The van der Waals surface area contributed by atoms with E-state index < -0.39 is 10.3 Å². The summed E-state index contributed by atoms with van der Waals surface area (Å²) in [6.45, 7) is 1.85. The van der Waals surface area contributed by atoms with E-state index in [1.54, 1.807) is 0 Å². The van der Waals surface area contributed by atoms with Gasteiger partial charge in [-0.25, -0.2) is 0 Å². The monoisotopic (exact) mass is 198 g/mol. The first-order valence-corrected chi connectivity index (χ1v) is 4.82. The molecule has 0 aromatic heterocycles. The highest BCUT2D eigenvalue weighted by molar-refractivity contribution is 7.71. The van der Waals surface area contributed by atoms with Crippen LogP contribution in [0.25, 0.3) is 0 Å². The molecule has 0 aliphatic carbocycles. The molecule has 1 unspecified atom stereocenters. The van der Waals surface area contributed by atoms with Gasteiger partial charge in [0.05, 0.1) is 0 Å². The zero-order valence-corrected chi connectivity index (χ0v) is 7.58. The Bertz CT molecular complexity index is 357. The number of rotatable bonds is 2. The predicted octanol–water partition coefficient (Wildman–Crippen LogP) is 2.11. The van der Waals surface area contributed by atoms with Gasteiger partial charge in [0, 0.05) is 11.3 Å². The van der Waals surface area contributed by atoms with Crippen LogP contribution in [0.5, 0.6) is 0 Å². The second kappa shape index (κ2) is 5.54. The van der Waals surface area contributed by atoms with Crippen LogP contribution in [0.2, 0.25) is 0 Å². The van der Waals surface area contributed by atoms with Crippen molar-refractivity contribution in [2.75, 3.05) is 0 Å². The van der Waals surface area contributed by atoms with Gasteiger partial charge in [0.25, 0.3) is 0 Å². The third kappa shape index (κ3) is 3.90. The third-order valence-corrected chi connectivity index (χ3v) is 2.27. The van der Waals surface area contributed by atoms with E-state index in [1.165, 1.54) is 5.37 Å². The molecule has 0 radical (unpaired) electrons. The minimum absolute atomic E-state index is 0. The van der Waals surface area contributed by atoms with E-state index in [9.17, 15) is 8.42 Å². The second-order valence-electron chi connectivity index (χ2n) is 2.60. The fraction of sp³-hybridized carbons (Fsp3) is 0.300. The Hall–Kier alpha value is -1.09. The molecule has 0 bridgehead atoms. The van der Waals surface area contributed by atoms with Crippen molar-refractivity contribution in [3.8, 4) is 0 Å². The molecule has 1 rings (SSSR count). The summed E-state index contributed by atoms with van der Waals surface area (Å²) in [5, 5.41) is 1.29. The highest BCUT2D eigenvalue weighted by Gasteiger charge is 1.99. The quantitative estimate of drug-likeness (QED) is 0.682. The zero-order valence-electron chi connectivity index (χ0n) is 6.77. The van der Waals surface area contributed by atoms with E-state index in [2.05, 4.69) is 0 Å². The molecule has 0 saturated heterocycles. The summed E-state index contributed by atoms with van der Waals surface area (Å²) in [6.07, 6.45) is 0. The van der Waals surface area contributed by atoms with E-state index in [1.807, 2.05) is 37.3 Å². The summed E-state index contributed by atoms with van der Waals surface area (Å²) in [4.78, 5) is 0. The molecule has 72 valence electrons. The number of benzene rings is 1. The highest BCUT2D eigenvalue weighted by atomic mass is 32.2. The molecule has 0 spiro atoms. The van der Waals surface area contributed by atoms with Crippen LogP contribution >= 0.6 is 0 Å². The molecule has 0 N–H and O–H groups in total. The maximum atomic E-state index is 10.3. The lowest BCUT2D eigenvalue weighted by molar-refractivity contribution is 0.627. The molecule has 0 aliphatic rings.